The highest BCUT2D eigenvalue weighted by Crippen LogP contribution is 2.45. The summed E-state index contributed by atoms with van der Waals surface area (Å²) in [4.78, 5) is 0. The number of unbranched alkanes of at least 4 members (excludes halogenated alkanes) is 4. The molecule has 4 nitrogen and oxygen atoms in total. The number of hydrogen-bond acceptors (Lipinski definition) is 4. The molecule has 0 unspecified atom stereocenters. The Bertz CT molecular complexity index is 824. The number of benzene rings is 2. The molecule has 2 aromatic rings. The van der Waals surface area contributed by atoms with Crippen molar-refractivity contribution >= 4 is 57.8 Å². The van der Waals surface area contributed by atoms with Crippen LogP contribution in [0, 0.1) is 0 Å². The summed E-state index contributed by atoms with van der Waals surface area (Å²) in [5.74, 6) is 0. The second kappa shape index (κ2) is 13.3. The van der Waals surface area contributed by atoms with Crippen molar-refractivity contribution in [2.75, 3.05) is 13.1 Å². The van der Waals surface area contributed by atoms with Gasteiger partial charge in [0.15, 0.2) is 0 Å². The summed E-state index contributed by atoms with van der Waals surface area (Å²) in [6.07, 6.45) is 6.53. The maximum Gasteiger partial charge on any atom is 0.105 e. The van der Waals surface area contributed by atoms with Crippen LogP contribution in [0.5, 0.6) is 0 Å². The maximum absolute atomic E-state index is 6.51. The molecule has 0 fully saturated rings. The second-order valence-electron chi connectivity index (χ2n) is 6.86. The molecular formula is C22H26Cl4N4. The molecule has 0 bridgehead atoms. The topological polar surface area (TPSA) is 49.4 Å². The second-order valence-corrected chi connectivity index (χ2v) is 8.38. The maximum atomic E-state index is 6.51. The van der Waals surface area contributed by atoms with E-state index < -0.39 is 0 Å². The van der Waals surface area contributed by atoms with E-state index in [2.05, 4.69) is 34.3 Å². The molecule has 0 N–H and O–H groups in total. The predicted octanol–water partition coefficient (Wildman–Crippen LogP) is 10.5. The van der Waals surface area contributed by atoms with Crippen LogP contribution in [0.3, 0.4) is 0 Å². The van der Waals surface area contributed by atoms with Crippen molar-refractivity contribution in [1.29, 1.82) is 0 Å². The van der Waals surface area contributed by atoms with Gasteiger partial charge in [-0.1, -0.05) is 98.1 Å². The van der Waals surface area contributed by atoms with E-state index in [1.807, 2.05) is 12.1 Å². The van der Waals surface area contributed by atoms with E-state index in [1.165, 1.54) is 0 Å². The Balaban J connectivity index is 2.22. The van der Waals surface area contributed by atoms with E-state index in [-0.39, 0.29) is 0 Å². The molecule has 0 radical (unpaired) electrons. The Kier molecular flexibility index (Phi) is 11.1. The largest absolute Gasteiger partial charge is 0.189 e. The molecule has 2 aromatic carbocycles. The molecule has 0 aliphatic carbocycles. The van der Waals surface area contributed by atoms with Crippen LogP contribution in [-0.4, -0.2) is 13.1 Å². The molecule has 0 heterocycles. The van der Waals surface area contributed by atoms with Crippen molar-refractivity contribution in [3.05, 3.63) is 44.4 Å². The predicted molar refractivity (Wildman–Crippen MR) is 130 cm³/mol. The van der Waals surface area contributed by atoms with Gasteiger partial charge in [0.05, 0.1) is 33.2 Å². The highest BCUT2D eigenvalue weighted by atomic mass is 35.5. The monoisotopic (exact) mass is 486 g/mol. The average molecular weight is 488 g/mol. The first-order chi connectivity index (χ1) is 14.5. The van der Waals surface area contributed by atoms with Gasteiger partial charge >= 0.3 is 0 Å². The molecule has 0 atom stereocenters. The molecule has 2 rings (SSSR count). The fraction of sp³-hybridized carbons (Fsp3) is 0.455. The summed E-state index contributed by atoms with van der Waals surface area (Å²) in [6.45, 7) is 5.62. The fourth-order valence-electron chi connectivity index (χ4n) is 2.77. The average Bonchev–Trinajstić information content (AvgIpc) is 2.74. The van der Waals surface area contributed by atoms with Crippen LogP contribution in [0.15, 0.2) is 44.7 Å². The summed E-state index contributed by atoms with van der Waals surface area (Å²) in [5, 5.41) is 18.2. The lowest BCUT2D eigenvalue weighted by atomic mass is 10.0. The molecule has 0 aliphatic heterocycles. The van der Waals surface area contributed by atoms with Gasteiger partial charge in [0, 0.05) is 11.1 Å². The highest BCUT2D eigenvalue weighted by Gasteiger charge is 2.17. The number of azo groups is 2. The Morgan fingerprint density at radius 1 is 0.567 bits per heavy atom. The van der Waals surface area contributed by atoms with Crippen LogP contribution in [0.1, 0.15) is 52.4 Å². The Labute approximate surface area is 198 Å². The van der Waals surface area contributed by atoms with Gasteiger partial charge in [-0.15, -0.1) is 0 Å². The molecular weight excluding hydrogens is 462 g/mol. The van der Waals surface area contributed by atoms with E-state index in [0.717, 1.165) is 38.5 Å². The van der Waals surface area contributed by atoms with Crippen molar-refractivity contribution in [1.82, 2.24) is 0 Å². The van der Waals surface area contributed by atoms with Gasteiger partial charge in [0.2, 0.25) is 0 Å². The van der Waals surface area contributed by atoms with Crippen LogP contribution >= 0.6 is 46.4 Å². The van der Waals surface area contributed by atoms with Crippen LogP contribution in [0.4, 0.5) is 11.4 Å². The molecule has 0 aromatic heterocycles. The normalized spacial score (nSPS) is 11.8. The van der Waals surface area contributed by atoms with Gasteiger partial charge in [0.25, 0.3) is 0 Å². The standard InChI is InChI=1S/C22H26Cl4N4/c1-3-5-7-13-27-29-17-11-9-15(19(23)21(17)25)16-10-12-18(22(26)20(16)24)30-28-14-8-6-4-2/h9-12H,3-8,13-14H2,1-2H3. The zero-order chi connectivity index (χ0) is 21.9. The third-order valence-corrected chi connectivity index (χ3v) is 6.24. The number of rotatable bonds is 11. The van der Waals surface area contributed by atoms with Gasteiger partial charge in [-0.25, -0.2) is 0 Å². The van der Waals surface area contributed by atoms with E-state index >= 15 is 0 Å². The Morgan fingerprint density at radius 2 is 0.967 bits per heavy atom. The summed E-state index contributed by atoms with van der Waals surface area (Å²) in [6, 6.07) is 7.19. The SMILES string of the molecule is CCCCCN=Nc1ccc(-c2ccc(N=NCCCCC)c(Cl)c2Cl)c(Cl)c1Cl. The van der Waals surface area contributed by atoms with Crippen LogP contribution in [0.25, 0.3) is 11.1 Å². The lowest BCUT2D eigenvalue weighted by Crippen LogP contribution is -1.85. The minimum Gasteiger partial charge on any atom is -0.189 e. The van der Waals surface area contributed by atoms with Crippen LogP contribution in [0.2, 0.25) is 20.1 Å². The fourth-order valence-corrected chi connectivity index (χ4v) is 3.69. The summed E-state index contributed by atoms with van der Waals surface area (Å²) < 4.78 is 0. The van der Waals surface area contributed by atoms with Crippen LogP contribution < -0.4 is 0 Å². The van der Waals surface area contributed by atoms with Crippen molar-refractivity contribution in [2.24, 2.45) is 20.5 Å². The van der Waals surface area contributed by atoms with Gasteiger partial charge < -0.3 is 0 Å². The van der Waals surface area contributed by atoms with Crippen molar-refractivity contribution in [3.63, 3.8) is 0 Å². The first-order valence-corrected chi connectivity index (χ1v) is 11.7. The zero-order valence-corrected chi connectivity index (χ0v) is 20.3. The van der Waals surface area contributed by atoms with Crippen molar-refractivity contribution in [3.8, 4) is 11.1 Å². The third kappa shape index (κ3) is 6.91. The van der Waals surface area contributed by atoms with Crippen LogP contribution in [-0.2, 0) is 0 Å². The first-order valence-electron chi connectivity index (χ1n) is 10.2. The minimum absolute atomic E-state index is 0.334. The molecule has 30 heavy (non-hydrogen) atoms. The highest BCUT2D eigenvalue weighted by molar-refractivity contribution is 6.47. The summed E-state index contributed by atoms with van der Waals surface area (Å²) in [7, 11) is 0. The molecule has 0 amide bonds. The van der Waals surface area contributed by atoms with Gasteiger partial charge in [-0.2, -0.15) is 20.5 Å². The summed E-state index contributed by atoms with van der Waals surface area (Å²) in [5.41, 5.74) is 2.40. The van der Waals surface area contributed by atoms with E-state index in [0.29, 0.717) is 55.7 Å². The lowest BCUT2D eigenvalue weighted by molar-refractivity contribution is 0.713. The Hall–Kier alpha value is -1.20. The lowest BCUT2D eigenvalue weighted by Gasteiger charge is -2.11. The first kappa shape index (κ1) is 25.1. The Morgan fingerprint density at radius 3 is 1.33 bits per heavy atom. The van der Waals surface area contributed by atoms with E-state index in [9.17, 15) is 0 Å². The molecule has 0 saturated carbocycles. The molecule has 0 saturated heterocycles. The smallest absolute Gasteiger partial charge is 0.105 e. The van der Waals surface area contributed by atoms with E-state index in [1.54, 1.807) is 12.1 Å². The summed E-state index contributed by atoms with van der Waals surface area (Å²) >= 11 is 25.9. The number of halogens is 4. The van der Waals surface area contributed by atoms with Gasteiger partial charge in [-0.05, 0) is 25.0 Å². The van der Waals surface area contributed by atoms with Crippen molar-refractivity contribution < 1.29 is 0 Å². The third-order valence-electron chi connectivity index (χ3n) is 4.49. The van der Waals surface area contributed by atoms with Gasteiger partial charge in [0.1, 0.15) is 11.4 Å². The zero-order valence-electron chi connectivity index (χ0n) is 17.3. The van der Waals surface area contributed by atoms with E-state index in [4.69, 9.17) is 46.4 Å². The minimum atomic E-state index is 0.334. The molecule has 8 heteroatoms. The molecule has 0 spiro atoms. The number of hydrogen-bond donors (Lipinski definition) is 0. The van der Waals surface area contributed by atoms with Crippen molar-refractivity contribution in [2.45, 2.75) is 52.4 Å². The van der Waals surface area contributed by atoms with Gasteiger partial charge in [-0.3, -0.25) is 0 Å². The molecule has 0 aliphatic rings. The molecule has 162 valence electrons. The number of nitrogens with zero attached hydrogens (tertiary/aromatic N) is 4. The quantitative estimate of drug-likeness (QED) is 0.223.